The van der Waals surface area contributed by atoms with Crippen LogP contribution in [-0.4, -0.2) is 43.2 Å². The number of aromatic nitrogens is 1. The standard InChI is InChI=1S/C20H24N2O6/c1-5-27-19(24)17-12(2)18(22-13(17)3)20(25)28-11-16(23)21-10-14-7-6-8-15(9-14)26-4/h6-9,22H,5,10-11H2,1-4H3,(H,21,23). The fourth-order valence-corrected chi connectivity index (χ4v) is 2.70. The number of nitrogens with one attached hydrogen (secondary N) is 2. The molecule has 0 saturated carbocycles. The van der Waals surface area contributed by atoms with Crippen molar-refractivity contribution < 1.29 is 28.6 Å². The van der Waals surface area contributed by atoms with Crippen molar-refractivity contribution >= 4 is 17.8 Å². The van der Waals surface area contributed by atoms with Crippen molar-refractivity contribution in [2.45, 2.75) is 27.3 Å². The Morgan fingerprint density at radius 3 is 2.54 bits per heavy atom. The molecule has 0 aliphatic rings. The van der Waals surface area contributed by atoms with Crippen LogP contribution in [-0.2, 0) is 20.8 Å². The van der Waals surface area contributed by atoms with E-state index in [1.807, 2.05) is 12.1 Å². The second-order valence-electron chi connectivity index (χ2n) is 6.05. The Bertz CT molecular complexity index is 872. The van der Waals surface area contributed by atoms with Gasteiger partial charge in [-0.3, -0.25) is 4.79 Å². The SMILES string of the molecule is CCOC(=O)c1c(C)[nH]c(C(=O)OCC(=O)NCc2cccc(OC)c2)c1C. The summed E-state index contributed by atoms with van der Waals surface area (Å²) < 4.78 is 15.2. The van der Waals surface area contributed by atoms with Gasteiger partial charge in [0.05, 0.1) is 19.3 Å². The molecule has 28 heavy (non-hydrogen) atoms. The van der Waals surface area contributed by atoms with Crippen LogP contribution in [0.4, 0.5) is 0 Å². The fraction of sp³-hybridized carbons (Fsp3) is 0.350. The average Bonchev–Trinajstić information content (AvgIpc) is 2.99. The summed E-state index contributed by atoms with van der Waals surface area (Å²) in [6.07, 6.45) is 0. The molecule has 1 heterocycles. The van der Waals surface area contributed by atoms with Gasteiger partial charge in [0, 0.05) is 12.2 Å². The van der Waals surface area contributed by atoms with Gasteiger partial charge in [0.15, 0.2) is 6.61 Å². The lowest BCUT2D eigenvalue weighted by molar-refractivity contribution is -0.124. The van der Waals surface area contributed by atoms with E-state index < -0.39 is 24.5 Å². The highest BCUT2D eigenvalue weighted by Crippen LogP contribution is 2.19. The van der Waals surface area contributed by atoms with Gasteiger partial charge in [0.2, 0.25) is 0 Å². The van der Waals surface area contributed by atoms with Gasteiger partial charge >= 0.3 is 11.9 Å². The Morgan fingerprint density at radius 1 is 1.11 bits per heavy atom. The van der Waals surface area contributed by atoms with E-state index in [9.17, 15) is 14.4 Å². The second-order valence-corrected chi connectivity index (χ2v) is 6.05. The number of methoxy groups -OCH3 is 1. The van der Waals surface area contributed by atoms with E-state index in [1.165, 1.54) is 0 Å². The number of aromatic amines is 1. The predicted molar refractivity (Wildman–Crippen MR) is 101 cm³/mol. The first-order valence-electron chi connectivity index (χ1n) is 8.80. The van der Waals surface area contributed by atoms with Crippen molar-refractivity contribution in [1.82, 2.24) is 10.3 Å². The number of benzene rings is 1. The van der Waals surface area contributed by atoms with Gasteiger partial charge < -0.3 is 24.5 Å². The van der Waals surface area contributed by atoms with Gasteiger partial charge in [0.25, 0.3) is 5.91 Å². The largest absolute Gasteiger partial charge is 0.497 e. The van der Waals surface area contributed by atoms with E-state index in [1.54, 1.807) is 40.0 Å². The molecular weight excluding hydrogens is 364 g/mol. The van der Waals surface area contributed by atoms with Crippen LogP contribution in [0.5, 0.6) is 5.75 Å². The minimum atomic E-state index is -0.715. The first-order valence-corrected chi connectivity index (χ1v) is 8.80. The Morgan fingerprint density at radius 2 is 1.86 bits per heavy atom. The lowest BCUT2D eigenvalue weighted by Gasteiger charge is -2.08. The van der Waals surface area contributed by atoms with Crippen LogP contribution in [0.25, 0.3) is 0 Å². The van der Waals surface area contributed by atoms with Crippen molar-refractivity contribution in [3.05, 3.63) is 52.3 Å². The van der Waals surface area contributed by atoms with Gasteiger partial charge in [-0.25, -0.2) is 9.59 Å². The molecule has 0 fully saturated rings. The van der Waals surface area contributed by atoms with Gasteiger partial charge in [-0.15, -0.1) is 0 Å². The maximum absolute atomic E-state index is 12.3. The molecule has 0 spiro atoms. The molecule has 8 heteroatoms. The summed E-state index contributed by atoms with van der Waals surface area (Å²) in [7, 11) is 1.56. The topological polar surface area (TPSA) is 107 Å². The molecule has 0 atom stereocenters. The molecule has 1 amide bonds. The Kier molecular flexibility index (Phi) is 7.20. The van der Waals surface area contributed by atoms with Crippen LogP contribution in [0.2, 0.25) is 0 Å². The lowest BCUT2D eigenvalue weighted by atomic mass is 10.1. The molecular formula is C20H24N2O6. The monoisotopic (exact) mass is 388 g/mol. The number of hydrogen-bond donors (Lipinski definition) is 2. The molecule has 1 aromatic carbocycles. The molecule has 0 bridgehead atoms. The molecule has 0 saturated heterocycles. The lowest BCUT2D eigenvalue weighted by Crippen LogP contribution is -2.28. The van der Waals surface area contributed by atoms with Crippen LogP contribution >= 0.6 is 0 Å². The average molecular weight is 388 g/mol. The molecule has 2 aromatic rings. The molecule has 0 aliphatic heterocycles. The van der Waals surface area contributed by atoms with Crippen molar-refractivity contribution in [3.8, 4) is 5.75 Å². The number of ether oxygens (including phenoxy) is 3. The number of hydrogen-bond acceptors (Lipinski definition) is 6. The normalized spacial score (nSPS) is 10.3. The number of aryl methyl sites for hydroxylation is 1. The summed E-state index contributed by atoms with van der Waals surface area (Å²) in [5.74, 6) is -0.979. The van der Waals surface area contributed by atoms with E-state index >= 15 is 0 Å². The predicted octanol–water partition coefficient (Wildman–Crippen LogP) is 2.29. The Balaban J connectivity index is 1.92. The smallest absolute Gasteiger partial charge is 0.355 e. The zero-order valence-corrected chi connectivity index (χ0v) is 16.4. The van der Waals surface area contributed by atoms with E-state index in [-0.39, 0.29) is 18.8 Å². The number of rotatable bonds is 8. The van der Waals surface area contributed by atoms with Crippen LogP contribution in [0.3, 0.4) is 0 Å². The molecule has 2 N–H and O–H groups in total. The molecule has 1 aromatic heterocycles. The second kappa shape index (κ2) is 9.59. The summed E-state index contributed by atoms with van der Waals surface area (Å²) in [4.78, 5) is 39.0. The van der Waals surface area contributed by atoms with E-state index in [4.69, 9.17) is 14.2 Å². The van der Waals surface area contributed by atoms with Crippen molar-refractivity contribution in [1.29, 1.82) is 0 Å². The third-order valence-corrected chi connectivity index (χ3v) is 4.08. The first kappa shape index (κ1) is 21.0. The van der Waals surface area contributed by atoms with Gasteiger partial charge in [-0.05, 0) is 44.0 Å². The molecule has 2 rings (SSSR count). The number of carbonyl (C=O) groups excluding carboxylic acids is 3. The molecule has 0 unspecified atom stereocenters. The van der Waals surface area contributed by atoms with Crippen LogP contribution in [0.1, 0.15) is 44.6 Å². The van der Waals surface area contributed by atoms with Crippen molar-refractivity contribution in [3.63, 3.8) is 0 Å². The number of esters is 2. The Labute approximate surface area is 163 Å². The van der Waals surface area contributed by atoms with Crippen molar-refractivity contribution in [2.75, 3.05) is 20.3 Å². The maximum Gasteiger partial charge on any atom is 0.355 e. The zero-order chi connectivity index (χ0) is 20.7. The van der Waals surface area contributed by atoms with Gasteiger partial charge in [-0.1, -0.05) is 12.1 Å². The van der Waals surface area contributed by atoms with Crippen LogP contribution in [0, 0.1) is 13.8 Å². The maximum atomic E-state index is 12.3. The minimum Gasteiger partial charge on any atom is -0.497 e. The molecule has 150 valence electrons. The summed E-state index contributed by atoms with van der Waals surface area (Å²) in [6.45, 7) is 5.06. The van der Waals surface area contributed by atoms with Crippen LogP contribution < -0.4 is 10.1 Å². The van der Waals surface area contributed by atoms with E-state index in [0.29, 0.717) is 22.6 Å². The summed E-state index contributed by atoms with van der Waals surface area (Å²) in [5, 5.41) is 2.67. The highest BCUT2D eigenvalue weighted by atomic mass is 16.5. The highest BCUT2D eigenvalue weighted by molar-refractivity contribution is 5.99. The minimum absolute atomic E-state index is 0.126. The number of H-pyrrole nitrogens is 1. The molecule has 0 radical (unpaired) electrons. The van der Waals surface area contributed by atoms with Crippen LogP contribution in [0.15, 0.2) is 24.3 Å². The van der Waals surface area contributed by atoms with E-state index in [2.05, 4.69) is 10.3 Å². The third-order valence-electron chi connectivity index (χ3n) is 4.08. The van der Waals surface area contributed by atoms with E-state index in [0.717, 1.165) is 5.56 Å². The number of carbonyl (C=O) groups is 3. The molecule has 8 nitrogen and oxygen atoms in total. The summed E-state index contributed by atoms with van der Waals surface area (Å²) >= 11 is 0. The van der Waals surface area contributed by atoms with Gasteiger partial charge in [0.1, 0.15) is 11.4 Å². The first-order chi connectivity index (χ1) is 13.4. The highest BCUT2D eigenvalue weighted by Gasteiger charge is 2.24. The quantitative estimate of drug-likeness (QED) is 0.672. The van der Waals surface area contributed by atoms with Gasteiger partial charge in [-0.2, -0.15) is 0 Å². The summed E-state index contributed by atoms with van der Waals surface area (Å²) in [5.41, 5.74) is 2.22. The third kappa shape index (κ3) is 5.12. The summed E-state index contributed by atoms with van der Waals surface area (Å²) in [6, 6.07) is 7.27. The Hall–Kier alpha value is -3.29. The molecule has 0 aliphatic carbocycles. The van der Waals surface area contributed by atoms with Crippen molar-refractivity contribution in [2.24, 2.45) is 0 Å². The fourth-order valence-electron chi connectivity index (χ4n) is 2.70. The zero-order valence-electron chi connectivity index (χ0n) is 16.4. The number of amides is 1.